The van der Waals surface area contributed by atoms with Crippen molar-refractivity contribution in [2.24, 2.45) is 0 Å². The molecule has 1 aliphatic rings. The molecular formula is C22H36O8. The molecule has 0 bridgehead atoms. The molecule has 0 saturated heterocycles. The van der Waals surface area contributed by atoms with E-state index in [1.54, 1.807) is 0 Å². The van der Waals surface area contributed by atoms with Gasteiger partial charge in [0.25, 0.3) is 0 Å². The standard InChI is InChI=1S/C22H36O8/c1-2-4-22-20-30-18-16-28-14-12-26-10-8-24-6-5-23-7-9-25-11-13-27-15-17-29-19-21(22)3-1/h1-4H,5-20H2. The van der Waals surface area contributed by atoms with Crippen LogP contribution in [-0.4, -0.2) is 92.5 Å². The molecule has 0 fully saturated rings. The zero-order valence-electron chi connectivity index (χ0n) is 17.9. The minimum Gasteiger partial charge on any atom is -0.377 e. The smallest absolute Gasteiger partial charge is 0.0721 e. The largest absolute Gasteiger partial charge is 0.377 e. The summed E-state index contributed by atoms with van der Waals surface area (Å²) < 4.78 is 44.3. The summed E-state index contributed by atoms with van der Waals surface area (Å²) >= 11 is 0. The fraction of sp³-hybridized carbons (Fsp3) is 0.727. The van der Waals surface area contributed by atoms with Gasteiger partial charge in [0.15, 0.2) is 0 Å². The van der Waals surface area contributed by atoms with Gasteiger partial charge in [0.1, 0.15) is 0 Å². The molecular weight excluding hydrogens is 392 g/mol. The van der Waals surface area contributed by atoms with Gasteiger partial charge >= 0.3 is 0 Å². The molecule has 1 aliphatic heterocycles. The molecule has 0 aliphatic carbocycles. The molecule has 8 heteroatoms. The Hall–Kier alpha value is -1.10. The van der Waals surface area contributed by atoms with Gasteiger partial charge in [0, 0.05) is 0 Å². The maximum Gasteiger partial charge on any atom is 0.0721 e. The number of hydrogen-bond donors (Lipinski definition) is 0. The van der Waals surface area contributed by atoms with E-state index in [0.717, 1.165) is 11.1 Å². The molecule has 172 valence electrons. The fourth-order valence-electron chi connectivity index (χ4n) is 2.64. The summed E-state index contributed by atoms with van der Waals surface area (Å²) in [5.74, 6) is 0. The van der Waals surface area contributed by atoms with E-state index >= 15 is 0 Å². The third-order valence-electron chi connectivity index (χ3n) is 4.24. The Labute approximate surface area is 179 Å². The molecule has 30 heavy (non-hydrogen) atoms. The summed E-state index contributed by atoms with van der Waals surface area (Å²) in [5, 5.41) is 0. The second-order valence-electron chi connectivity index (χ2n) is 6.55. The number of rotatable bonds is 0. The number of hydrogen-bond acceptors (Lipinski definition) is 8. The Bertz CT molecular complexity index is 469. The summed E-state index contributed by atoms with van der Waals surface area (Å²) in [6, 6.07) is 8.13. The molecule has 8 nitrogen and oxygen atoms in total. The first-order valence-electron chi connectivity index (χ1n) is 10.7. The number of fused-ring (bicyclic) bond motifs is 1. The molecule has 1 aromatic carbocycles. The van der Waals surface area contributed by atoms with Gasteiger partial charge < -0.3 is 37.9 Å². The van der Waals surface area contributed by atoms with Gasteiger partial charge in [-0.15, -0.1) is 0 Å². The lowest BCUT2D eigenvalue weighted by molar-refractivity contribution is -0.0249. The Balaban J connectivity index is 1.65. The molecule has 0 radical (unpaired) electrons. The first-order chi connectivity index (χ1) is 15.0. The topological polar surface area (TPSA) is 73.8 Å². The average Bonchev–Trinajstić information content (AvgIpc) is 2.77. The van der Waals surface area contributed by atoms with Gasteiger partial charge in [-0.05, 0) is 11.1 Å². The molecule has 1 aromatic rings. The van der Waals surface area contributed by atoms with E-state index in [9.17, 15) is 0 Å². The first-order valence-corrected chi connectivity index (χ1v) is 10.7. The van der Waals surface area contributed by atoms with E-state index in [-0.39, 0.29) is 0 Å². The molecule has 0 atom stereocenters. The maximum absolute atomic E-state index is 5.73. The molecule has 0 saturated carbocycles. The lowest BCUT2D eigenvalue weighted by atomic mass is 10.1. The van der Waals surface area contributed by atoms with Crippen LogP contribution < -0.4 is 0 Å². The minimum atomic E-state index is 0.536. The normalized spacial score (nSPS) is 21.5. The van der Waals surface area contributed by atoms with Gasteiger partial charge in [0.05, 0.1) is 106 Å². The van der Waals surface area contributed by atoms with E-state index in [2.05, 4.69) is 12.1 Å². The van der Waals surface area contributed by atoms with Crippen LogP contribution in [0, 0.1) is 0 Å². The fourth-order valence-corrected chi connectivity index (χ4v) is 2.64. The number of benzene rings is 1. The minimum absolute atomic E-state index is 0.536. The first kappa shape index (κ1) is 25.2. The van der Waals surface area contributed by atoms with Gasteiger partial charge in [-0.2, -0.15) is 0 Å². The third-order valence-corrected chi connectivity index (χ3v) is 4.24. The van der Waals surface area contributed by atoms with Crippen LogP contribution in [0.5, 0.6) is 0 Å². The van der Waals surface area contributed by atoms with Crippen LogP contribution in [0.25, 0.3) is 0 Å². The Morgan fingerprint density at radius 2 is 0.567 bits per heavy atom. The van der Waals surface area contributed by atoms with Crippen LogP contribution in [0.3, 0.4) is 0 Å². The summed E-state index contributed by atoms with van der Waals surface area (Å²) in [7, 11) is 0. The SMILES string of the molecule is c1ccc2c(c1)COCCOCCOCCOCCOCCOCCOCCOC2. The highest BCUT2D eigenvalue weighted by atomic mass is 16.6. The van der Waals surface area contributed by atoms with E-state index in [1.807, 2.05) is 12.1 Å². The van der Waals surface area contributed by atoms with E-state index in [0.29, 0.717) is 106 Å². The van der Waals surface area contributed by atoms with Crippen molar-refractivity contribution >= 4 is 0 Å². The quantitative estimate of drug-likeness (QED) is 0.620. The van der Waals surface area contributed by atoms with Crippen LogP contribution in [0.15, 0.2) is 24.3 Å². The van der Waals surface area contributed by atoms with Gasteiger partial charge in [-0.3, -0.25) is 0 Å². The van der Waals surface area contributed by atoms with Crippen molar-refractivity contribution in [2.45, 2.75) is 13.2 Å². The lowest BCUT2D eigenvalue weighted by Crippen LogP contribution is -2.15. The summed E-state index contributed by atoms with van der Waals surface area (Å²) in [6.45, 7) is 8.66. The second kappa shape index (κ2) is 18.7. The second-order valence-corrected chi connectivity index (χ2v) is 6.55. The molecule has 1 heterocycles. The van der Waals surface area contributed by atoms with E-state index < -0.39 is 0 Å². The monoisotopic (exact) mass is 428 g/mol. The summed E-state index contributed by atoms with van der Waals surface area (Å²) in [5.41, 5.74) is 2.25. The molecule has 0 spiro atoms. The summed E-state index contributed by atoms with van der Waals surface area (Å²) in [4.78, 5) is 0. The van der Waals surface area contributed by atoms with Crippen molar-refractivity contribution in [1.82, 2.24) is 0 Å². The lowest BCUT2D eigenvalue weighted by Gasteiger charge is -2.12. The molecule has 0 amide bonds. The van der Waals surface area contributed by atoms with Crippen LogP contribution in [0.1, 0.15) is 11.1 Å². The van der Waals surface area contributed by atoms with Crippen molar-refractivity contribution in [2.75, 3.05) is 92.5 Å². The van der Waals surface area contributed by atoms with Crippen molar-refractivity contribution in [3.05, 3.63) is 35.4 Å². The van der Waals surface area contributed by atoms with Crippen LogP contribution in [0.4, 0.5) is 0 Å². The van der Waals surface area contributed by atoms with Gasteiger partial charge in [-0.25, -0.2) is 0 Å². The number of ether oxygens (including phenoxy) is 8. The average molecular weight is 429 g/mol. The molecule has 0 aromatic heterocycles. The van der Waals surface area contributed by atoms with Crippen LogP contribution >= 0.6 is 0 Å². The predicted octanol–water partition coefficient (Wildman–Crippen LogP) is 1.83. The Morgan fingerprint density at radius 3 is 0.833 bits per heavy atom. The zero-order valence-corrected chi connectivity index (χ0v) is 17.9. The summed E-state index contributed by atoms with van der Waals surface area (Å²) in [6.07, 6.45) is 0. The van der Waals surface area contributed by atoms with E-state index in [1.165, 1.54) is 0 Å². The molecule has 0 N–H and O–H groups in total. The van der Waals surface area contributed by atoms with Crippen molar-refractivity contribution in [1.29, 1.82) is 0 Å². The Morgan fingerprint density at radius 1 is 0.333 bits per heavy atom. The molecule has 2 rings (SSSR count). The third kappa shape index (κ3) is 13.3. The predicted molar refractivity (Wildman–Crippen MR) is 111 cm³/mol. The molecule has 0 unspecified atom stereocenters. The van der Waals surface area contributed by atoms with Crippen molar-refractivity contribution in [3.8, 4) is 0 Å². The van der Waals surface area contributed by atoms with Crippen LogP contribution in [-0.2, 0) is 51.1 Å². The highest BCUT2D eigenvalue weighted by Crippen LogP contribution is 2.11. The van der Waals surface area contributed by atoms with E-state index in [4.69, 9.17) is 37.9 Å². The zero-order chi connectivity index (χ0) is 21.0. The van der Waals surface area contributed by atoms with Crippen LogP contribution in [0.2, 0.25) is 0 Å². The van der Waals surface area contributed by atoms with Gasteiger partial charge in [-0.1, -0.05) is 24.3 Å². The van der Waals surface area contributed by atoms with Crippen molar-refractivity contribution in [3.63, 3.8) is 0 Å². The van der Waals surface area contributed by atoms with Gasteiger partial charge in [0.2, 0.25) is 0 Å². The Kier molecular flexibility index (Phi) is 15.6. The highest BCUT2D eigenvalue weighted by molar-refractivity contribution is 5.25. The van der Waals surface area contributed by atoms with Crippen molar-refractivity contribution < 1.29 is 37.9 Å². The highest BCUT2D eigenvalue weighted by Gasteiger charge is 2.03. The maximum atomic E-state index is 5.73.